The van der Waals surface area contributed by atoms with E-state index in [0.717, 1.165) is 5.56 Å². The molecule has 1 amide bonds. The number of rotatable bonds is 5. The average molecular weight is 410 g/mol. The van der Waals surface area contributed by atoms with Gasteiger partial charge in [0, 0.05) is 4.47 Å². The van der Waals surface area contributed by atoms with Gasteiger partial charge < -0.3 is 14.8 Å². The predicted molar refractivity (Wildman–Crippen MR) is 95.3 cm³/mol. The molecule has 0 radical (unpaired) electrons. The van der Waals surface area contributed by atoms with Crippen molar-refractivity contribution < 1.29 is 23.5 Å². The maximum atomic E-state index is 13.8. The molecule has 2 aromatic rings. The van der Waals surface area contributed by atoms with E-state index in [0.29, 0.717) is 10.2 Å². The number of anilines is 1. The van der Waals surface area contributed by atoms with Gasteiger partial charge in [-0.2, -0.15) is 0 Å². The third kappa shape index (κ3) is 4.79. The first-order valence-electron chi connectivity index (χ1n) is 7.43. The Morgan fingerprint density at radius 3 is 2.56 bits per heavy atom. The first kappa shape index (κ1) is 18.9. The van der Waals surface area contributed by atoms with E-state index in [1.54, 1.807) is 18.2 Å². The van der Waals surface area contributed by atoms with E-state index >= 15 is 0 Å². The second-order valence-electron chi connectivity index (χ2n) is 5.35. The number of halogens is 2. The second kappa shape index (κ2) is 8.11. The van der Waals surface area contributed by atoms with Crippen molar-refractivity contribution in [3.05, 3.63) is 57.8 Å². The highest BCUT2D eigenvalue weighted by atomic mass is 79.9. The van der Waals surface area contributed by atoms with Gasteiger partial charge in [-0.25, -0.2) is 9.18 Å². The monoisotopic (exact) mass is 409 g/mol. The summed E-state index contributed by atoms with van der Waals surface area (Å²) in [6.07, 6.45) is -1.09. The number of benzene rings is 2. The Morgan fingerprint density at radius 1 is 1.20 bits per heavy atom. The van der Waals surface area contributed by atoms with Crippen molar-refractivity contribution >= 4 is 33.5 Å². The number of nitrogens with one attached hydrogen (secondary N) is 1. The predicted octanol–water partition coefficient (Wildman–Crippen LogP) is 4.09. The van der Waals surface area contributed by atoms with E-state index < -0.39 is 23.8 Å². The van der Waals surface area contributed by atoms with E-state index in [-0.39, 0.29) is 11.3 Å². The van der Waals surface area contributed by atoms with Gasteiger partial charge in [-0.05, 0) is 49.7 Å². The molecule has 2 rings (SSSR count). The molecule has 0 aliphatic heterocycles. The summed E-state index contributed by atoms with van der Waals surface area (Å²) in [6, 6.07) is 9.07. The van der Waals surface area contributed by atoms with Crippen LogP contribution in [0.3, 0.4) is 0 Å². The lowest BCUT2D eigenvalue weighted by Gasteiger charge is -2.14. The number of methoxy groups -OCH3 is 1. The van der Waals surface area contributed by atoms with Crippen LogP contribution in [0.2, 0.25) is 0 Å². The smallest absolute Gasteiger partial charge is 0.339 e. The van der Waals surface area contributed by atoms with Crippen molar-refractivity contribution in [3.63, 3.8) is 0 Å². The first-order valence-corrected chi connectivity index (χ1v) is 8.22. The van der Waals surface area contributed by atoms with Gasteiger partial charge in [0.2, 0.25) is 0 Å². The van der Waals surface area contributed by atoms with E-state index in [2.05, 4.69) is 21.2 Å². The number of hydrogen-bond donors (Lipinski definition) is 1. The van der Waals surface area contributed by atoms with Crippen molar-refractivity contribution in [1.29, 1.82) is 0 Å². The Balaban J connectivity index is 2.04. The van der Waals surface area contributed by atoms with Crippen molar-refractivity contribution in [2.45, 2.75) is 20.0 Å². The van der Waals surface area contributed by atoms with Crippen LogP contribution in [0.5, 0.6) is 5.75 Å². The van der Waals surface area contributed by atoms with Crippen molar-refractivity contribution in [2.75, 3.05) is 12.4 Å². The zero-order valence-corrected chi connectivity index (χ0v) is 15.5. The topological polar surface area (TPSA) is 64.6 Å². The molecule has 0 heterocycles. The van der Waals surface area contributed by atoms with Gasteiger partial charge in [-0.15, -0.1) is 0 Å². The van der Waals surface area contributed by atoms with Crippen LogP contribution >= 0.6 is 15.9 Å². The molecule has 0 unspecified atom stereocenters. The lowest BCUT2D eigenvalue weighted by Crippen LogP contribution is -2.30. The molecule has 5 nitrogen and oxygen atoms in total. The third-order valence-electron chi connectivity index (χ3n) is 3.49. The number of aryl methyl sites for hydroxylation is 1. The zero-order chi connectivity index (χ0) is 18.6. The van der Waals surface area contributed by atoms with Crippen molar-refractivity contribution in [3.8, 4) is 5.75 Å². The molecule has 25 heavy (non-hydrogen) atoms. The van der Waals surface area contributed by atoms with E-state index in [1.807, 2.05) is 6.92 Å². The number of amides is 1. The van der Waals surface area contributed by atoms with Gasteiger partial charge >= 0.3 is 5.97 Å². The molecule has 1 atom stereocenters. The van der Waals surface area contributed by atoms with Crippen LogP contribution in [-0.4, -0.2) is 25.1 Å². The summed E-state index contributed by atoms with van der Waals surface area (Å²) >= 11 is 3.13. The summed E-state index contributed by atoms with van der Waals surface area (Å²) in [5.41, 5.74) is 1.14. The SMILES string of the molecule is COc1cc(C(=O)O[C@H](C)C(=O)Nc2ccc(Br)cc2F)ccc1C. The first-order chi connectivity index (χ1) is 11.8. The number of carbonyl (C=O) groups is 2. The minimum absolute atomic E-state index is 0.00750. The maximum absolute atomic E-state index is 13.8. The Bertz CT molecular complexity index is 810. The fourth-order valence-electron chi connectivity index (χ4n) is 2.05. The molecule has 0 bridgehead atoms. The summed E-state index contributed by atoms with van der Waals surface area (Å²) in [4.78, 5) is 24.3. The lowest BCUT2D eigenvalue weighted by atomic mass is 10.1. The Labute approximate surface area is 153 Å². The average Bonchev–Trinajstić information content (AvgIpc) is 2.57. The normalized spacial score (nSPS) is 11.6. The van der Waals surface area contributed by atoms with E-state index in [9.17, 15) is 14.0 Å². The number of esters is 1. The molecule has 0 saturated carbocycles. The molecule has 132 valence electrons. The number of ether oxygens (including phenoxy) is 2. The van der Waals surface area contributed by atoms with Gasteiger partial charge in [0.15, 0.2) is 6.10 Å². The van der Waals surface area contributed by atoms with E-state index in [4.69, 9.17) is 9.47 Å². The van der Waals surface area contributed by atoms with Crippen LogP contribution in [0.15, 0.2) is 40.9 Å². The van der Waals surface area contributed by atoms with Crippen LogP contribution in [0.25, 0.3) is 0 Å². The molecule has 0 saturated heterocycles. The number of carbonyl (C=O) groups excluding carboxylic acids is 2. The van der Waals surface area contributed by atoms with Crippen molar-refractivity contribution in [2.24, 2.45) is 0 Å². The molecule has 0 fully saturated rings. The molecule has 2 aromatic carbocycles. The van der Waals surface area contributed by atoms with Crippen LogP contribution in [-0.2, 0) is 9.53 Å². The molecular formula is C18H17BrFNO4. The minimum Gasteiger partial charge on any atom is -0.496 e. The largest absolute Gasteiger partial charge is 0.496 e. The molecule has 0 aliphatic rings. The molecule has 0 aromatic heterocycles. The van der Waals surface area contributed by atoms with Crippen LogP contribution in [0.4, 0.5) is 10.1 Å². The summed E-state index contributed by atoms with van der Waals surface area (Å²) in [5.74, 6) is -1.35. The van der Waals surface area contributed by atoms with Gasteiger partial charge in [0.1, 0.15) is 11.6 Å². The third-order valence-corrected chi connectivity index (χ3v) is 3.98. The van der Waals surface area contributed by atoms with Gasteiger partial charge in [-0.1, -0.05) is 22.0 Å². The number of hydrogen-bond acceptors (Lipinski definition) is 4. The fourth-order valence-corrected chi connectivity index (χ4v) is 2.39. The Kier molecular flexibility index (Phi) is 6.14. The maximum Gasteiger partial charge on any atom is 0.339 e. The highest BCUT2D eigenvalue weighted by Crippen LogP contribution is 2.21. The molecule has 0 spiro atoms. The second-order valence-corrected chi connectivity index (χ2v) is 6.26. The van der Waals surface area contributed by atoms with Gasteiger partial charge in [0.05, 0.1) is 18.4 Å². The molecule has 7 heteroatoms. The molecular weight excluding hydrogens is 393 g/mol. The lowest BCUT2D eigenvalue weighted by molar-refractivity contribution is -0.123. The Morgan fingerprint density at radius 2 is 1.92 bits per heavy atom. The van der Waals surface area contributed by atoms with Gasteiger partial charge in [0.25, 0.3) is 5.91 Å². The quantitative estimate of drug-likeness (QED) is 0.755. The van der Waals surface area contributed by atoms with Crippen LogP contribution in [0, 0.1) is 12.7 Å². The van der Waals surface area contributed by atoms with E-state index in [1.165, 1.54) is 32.2 Å². The highest BCUT2D eigenvalue weighted by molar-refractivity contribution is 9.10. The summed E-state index contributed by atoms with van der Waals surface area (Å²) < 4.78 is 24.6. The Hall–Kier alpha value is -2.41. The summed E-state index contributed by atoms with van der Waals surface area (Å²) in [6.45, 7) is 3.26. The minimum atomic E-state index is -1.09. The van der Waals surface area contributed by atoms with Crippen LogP contribution in [0.1, 0.15) is 22.8 Å². The zero-order valence-electron chi connectivity index (χ0n) is 13.9. The fraction of sp³-hybridized carbons (Fsp3) is 0.222. The van der Waals surface area contributed by atoms with Crippen molar-refractivity contribution in [1.82, 2.24) is 0 Å². The standard InChI is InChI=1S/C18H17BrFNO4/c1-10-4-5-12(8-16(10)24-3)18(23)25-11(2)17(22)21-15-7-6-13(19)9-14(15)20/h4-9,11H,1-3H3,(H,21,22)/t11-/m1/s1. The highest BCUT2D eigenvalue weighted by Gasteiger charge is 2.20. The molecule has 0 aliphatic carbocycles. The van der Waals surface area contributed by atoms with Gasteiger partial charge in [-0.3, -0.25) is 4.79 Å². The summed E-state index contributed by atoms with van der Waals surface area (Å²) in [5, 5.41) is 2.39. The summed E-state index contributed by atoms with van der Waals surface area (Å²) in [7, 11) is 1.50. The molecule has 1 N–H and O–H groups in total. The van der Waals surface area contributed by atoms with Crippen LogP contribution < -0.4 is 10.1 Å².